The molecule has 0 fully saturated rings. The number of carbonyl (C=O) groups excluding carboxylic acids is 1. The van der Waals surface area contributed by atoms with Crippen molar-refractivity contribution in [1.82, 2.24) is 35.7 Å². The predicted octanol–water partition coefficient (Wildman–Crippen LogP) is 5.75. The van der Waals surface area contributed by atoms with E-state index in [1.165, 1.54) is 12.1 Å². The Morgan fingerprint density at radius 3 is 2.39 bits per heavy atom. The molecule has 192 valence electrons. The molecule has 0 bridgehead atoms. The minimum absolute atomic E-state index is 0.162. The van der Waals surface area contributed by atoms with Gasteiger partial charge < -0.3 is 5.32 Å². The number of benzene rings is 3. The number of nitrogens with one attached hydrogen (secondary N) is 2. The fraction of sp³-hybridized carbons (Fsp3) is 0.148. The number of tetrazole rings is 1. The van der Waals surface area contributed by atoms with E-state index in [0.717, 1.165) is 11.1 Å². The lowest BCUT2D eigenvalue weighted by Gasteiger charge is -2.26. The third kappa shape index (κ3) is 5.16. The number of para-hydroxylation sites is 1. The Morgan fingerprint density at radius 1 is 1.03 bits per heavy atom. The zero-order valence-corrected chi connectivity index (χ0v) is 21.9. The smallest absolute Gasteiger partial charge is 0.272 e. The fourth-order valence-electron chi connectivity index (χ4n) is 4.20. The molecule has 0 radical (unpaired) electrons. The summed E-state index contributed by atoms with van der Waals surface area (Å²) in [5.74, 6) is -0.408. The standard InChI is InChI=1S/C27H22Cl2FN7O/c1-27(2,17-9-13-19(30)14-10-17)31-26(38)24-20(15-23-32-35-36-33-23)25(16-7-11-18(28)12-8-16)37(34-24)22-6-4-3-5-21(22)29/h3-14H,15H2,1-2H3,(H,31,38)(H,32,33,35,36). The van der Waals surface area contributed by atoms with Crippen molar-refractivity contribution in [3.63, 3.8) is 0 Å². The lowest BCUT2D eigenvalue weighted by Crippen LogP contribution is -2.41. The van der Waals surface area contributed by atoms with E-state index in [0.29, 0.717) is 32.8 Å². The molecule has 3 aromatic carbocycles. The molecule has 11 heteroatoms. The number of hydrogen-bond donors (Lipinski definition) is 2. The Balaban J connectivity index is 1.68. The molecule has 5 rings (SSSR count). The van der Waals surface area contributed by atoms with E-state index in [1.54, 1.807) is 35.0 Å². The molecule has 5 aromatic rings. The second-order valence-corrected chi connectivity index (χ2v) is 9.98. The van der Waals surface area contributed by atoms with E-state index in [4.69, 9.17) is 28.3 Å². The molecule has 0 saturated carbocycles. The van der Waals surface area contributed by atoms with Crippen LogP contribution in [0.15, 0.2) is 72.8 Å². The van der Waals surface area contributed by atoms with E-state index < -0.39 is 11.4 Å². The first-order valence-corrected chi connectivity index (χ1v) is 12.4. The van der Waals surface area contributed by atoms with Gasteiger partial charge in [0.25, 0.3) is 5.91 Å². The van der Waals surface area contributed by atoms with Gasteiger partial charge in [-0.25, -0.2) is 9.07 Å². The monoisotopic (exact) mass is 549 g/mol. The van der Waals surface area contributed by atoms with Crippen LogP contribution in [-0.2, 0) is 12.0 Å². The van der Waals surface area contributed by atoms with Crippen molar-refractivity contribution >= 4 is 29.1 Å². The summed E-state index contributed by atoms with van der Waals surface area (Å²) in [5, 5.41) is 23.1. The molecular weight excluding hydrogens is 528 g/mol. The zero-order chi connectivity index (χ0) is 26.9. The molecule has 0 aliphatic heterocycles. The van der Waals surface area contributed by atoms with Crippen LogP contribution < -0.4 is 5.32 Å². The van der Waals surface area contributed by atoms with Gasteiger partial charge in [-0.05, 0) is 55.8 Å². The lowest BCUT2D eigenvalue weighted by molar-refractivity contribution is 0.0905. The Morgan fingerprint density at radius 2 is 1.74 bits per heavy atom. The fourth-order valence-corrected chi connectivity index (χ4v) is 4.54. The highest BCUT2D eigenvalue weighted by Crippen LogP contribution is 2.34. The SMILES string of the molecule is CC(C)(NC(=O)c1nn(-c2ccccc2Cl)c(-c2ccc(Cl)cc2)c1Cc1nn[nH]n1)c1ccc(F)cc1. The quantitative estimate of drug-likeness (QED) is 0.269. The van der Waals surface area contributed by atoms with Gasteiger partial charge in [-0.1, -0.05) is 64.8 Å². The molecule has 2 aromatic heterocycles. The van der Waals surface area contributed by atoms with Gasteiger partial charge in [0.2, 0.25) is 0 Å². The third-order valence-electron chi connectivity index (χ3n) is 6.11. The number of aromatic amines is 1. The first-order chi connectivity index (χ1) is 18.2. The van der Waals surface area contributed by atoms with Gasteiger partial charge in [-0.2, -0.15) is 10.3 Å². The Labute approximate surface area is 227 Å². The van der Waals surface area contributed by atoms with Crippen LogP contribution in [0.1, 0.15) is 41.3 Å². The van der Waals surface area contributed by atoms with Gasteiger partial charge in [-0.15, -0.1) is 10.2 Å². The average molecular weight is 550 g/mol. The highest BCUT2D eigenvalue weighted by Gasteiger charge is 2.30. The summed E-state index contributed by atoms with van der Waals surface area (Å²) in [4.78, 5) is 13.8. The van der Waals surface area contributed by atoms with Crippen molar-refractivity contribution in [2.45, 2.75) is 25.8 Å². The average Bonchev–Trinajstić information content (AvgIpc) is 3.53. The van der Waals surface area contributed by atoms with Crippen molar-refractivity contribution in [2.75, 3.05) is 0 Å². The van der Waals surface area contributed by atoms with Crippen molar-refractivity contribution < 1.29 is 9.18 Å². The lowest BCUT2D eigenvalue weighted by atomic mass is 9.93. The molecule has 0 unspecified atom stereocenters. The predicted molar refractivity (Wildman–Crippen MR) is 143 cm³/mol. The topological polar surface area (TPSA) is 101 Å². The number of carbonyl (C=O) groups is 1. The number of rotatable bonds is 7. The maximum atomic E-state index is 13.8. The van der Waals surface area contributed by atoms with Crippen LogP contribution >= 0.6 is 23.2 Å². The molecular formula is C27H22Cl2FN7O. The zero-order valence-electron chi connectivity index (χ0n) is 20.4. The summed E-state index contributed by atoms with van der Waals surface area (Å²) in [7, 11) is 0. The second-order valence-electron chi connectivity index (χ2n) is 9.14. The van der Waals surface area contributed by atoms with Crippen molar-refractivity contribution in [3.8, 4) is 16.9 Å². The summed E-state index contributed by atoms with van der Waals surface area (Å²) in [6, 6.07) is 20.4. The summed E-state index contributed by atoms with van der Waals surface area (Å²) >= 11 is 12.7. The van der Waals surface area contributed by atoms with Crippen LogP contribution in [0.4, 0.5) is 4.39 Å². The van der Waals surface area contributed by atoms with E-state index in [2.05, 4.69) is 25.9 Å². The second kappa shape index (κ2) is 10.4. The van der Waals surface area contributed by atoms with Crippen LogP contribution in [0, 0.1) is 5.82 Å². The van der Waals surface area contributed by atoms with Gasteiger partial charge >= 0.3 is 0 Å². The van der Waals surface area contributed by atoms with Gasteiger partial charge in [0.15, 0.2) is 11.5 Å². The van der Waals surface area contributed by atoms with Crippen molar-refractivity contribution in [3.05, 3.63) is 111 Å². The van der Waals surface area contributed by atoms with E-state index in [9.17, 15) is 9.18 Å². The summed E-state index contributed by atoms with van der Waals surface area (Å²) in [5.41, 5.74) is 2.61. The van der Waals surface area contributed by atoms with Crippen LogP contribution in [0.25, 0.3) is 16.9 Å². The highest BCUT2D eigenvalue weighted by molar-refractivity contribution is 6.32. The number of nitrogens with zero attached hydrogens (tertiary/aromatic N) is 5. The molecule has 1 amide bonds. The molecule has 8 nitrogen and oxygen atoms in total. The largest absolute Gasteiger partial charge is 0.342 e. The van der Waals surface area contributed by atoms with Crippen LogP contribution in [0.3, 0.4) is 0 Å². The number of aromatic nitrogens is 6. The van der Waals surface area contributed by atoms with Crippen LogP contribution in [0.5, 0.6) is 0 Å². The van der Waals surface area contributed by atoms with Gasteiger partial charge in [0, 0.05) is 22.6 Å². The maximum Gasteiger partial charge on any atom is 0.272 e. The minimum atomic E-state index is -0.831. The van der Waals surface area contributed by atoms with E-state index in [-0.39, 0.29) is 17.9 Å². The molecule has 0 spiro atoms. The Hall–Kier alpha value is -4.08. The first-order valence-electron chi connectivity index (χ1n) is 11.7. The van der Waals surface area contributed by atoms with Crippen LogP contribution in [0.2, 0.25) is 10.0 Å². The molecule has 2 heterocycles. The molecule has 38 heavy (non-hydrogen) atoms. The molecule has 2 N–H and O–H groups in total. The number of halogens is 3. The van der Waals surface area contributed by atoms with Crippen LogP contribution in [-0.4, -0.2) is 36.3 Å². The van der Waals surface area contributed by atoms with Gasteiger partial charge in [0.1, 0.15) is 5.82 Å². The highest BCUT2D eigenvalue weighted by atomic mass is 35.5. The summed E-state index contributed by atoms with van der Waals surface area (Å²) in [6.07, 6.45) is 0.165. The van der Waals surface area contributed by atoms with Gasteiger partial charge in [-0.3, -0.25) is 4.79 Å². The maximum absolute atomic E-state index is 13.8. The van der Waals surface area contributed by atoms with Gasteiger partial charge in [0.05, 0.1) is 21.9 Å². The molecule has 0 aliphatic carbocycles. The van der Waals surface area contributed by atoms with Crippen molar-refractivity contribution in [1.29, 1.82) is 0 Å². The number of H-pyrrole nitrogens is 1. The third-order valence-corrected chi connectivity index (χ3v) is 6.68. The van der Waals surface area contributed by atoms with E-state index in [1.807, 2.05) is 44.2 Å². The first kappa shape index (κ1) is 25.6. The normalized spacial score (nSPS) is 11.5. The molecule has 0 aliphatic rings. The number of hydrogen-bond acceptors (Lipinski definition) is 5. The van der Waals surface area contributed by atoms with Crippen molar-refractivity contribution in [2.24, 2.45) is 0 Å². The summed E-state index contributed by atoms with van der Waals surface area (Å²) in [6.45, 7) is 3.67. The summed E-state index contributed by atoms with van der Waals surface area (Å²) < 4.78 is 15.2. The van der Waals surface area contributed by atoms with E-state index >= 15 is 0 Å². The molecule has 0 saturated heterocycles. The molecule has 0 atom stereocenters. The Bertz CT molecular complexity index is 1580. The minimum Gasteiger partial charge on any atom is -0.342 e. The Kier molecular flexibility index (Phi) is 6.96. The number of amides is 1.